The number of aromatic nitrogens is 1. The second-order valence-electron chi connectivity index (χ2n) is 5.75. The second-order valence-corrected chi connectivity index (χ2v) is 5.75. The van der Waals surface area contributed by atoms with E-state index >= 15 is 0 Å². The summed E-state index contributed by atoms with van der Waals surface area (Å²) in [6, 6.07) is 3.70. The molecule has 110 valence electrons. The highest BCUT2D eigenvalue weighted by atomic mass is 16.4. The van der Waals surface area contributed by atoms with Gasteiger partial charge in [-0.05, 0) is 43.2 Å². The molecule has 1 aromatic rings. The Hall–Kier alpha value is -1.58. The quantitative estimate of drug-likeness (QED) is 0.863. The molecule has 1 fully saturated rings. The standard InChI is InChI=1S/C16H24N2O2/c1-4-11-6-7-14(10(11)3)18-15-9-12(16(19)20)8-13(5-2)17-15/h8-11,14H,4-7H2,1-3H3,(H,17,18)(H,19,20). The fourth-order valence-corrected chi connectivity index (χ4v) is 3.18. The molecule has 0 amide bonds. The second kappa shape index (κ2) is 6.25. The molecule has 2 N–H and O–H groups in total. The lowest BCUT2D eigenvalue weighted by atomic mass is 9.93. The smallest absolute Gasteiger partial charge is 0.335 e. The van der Waals surface area contributed by atoms with Crippen LogP contribution in [-0.2, 0) is 6.42 Å². The van der Waals surface area contributed by atoms with Crippen molar-refractivity contribution in [1.82, 2.24) is 4.98 Å². The van der Waals surface area contributed by atoms with Gasteiger partial charge in [-0.15, -0.1) is 0 Å². The van der Waals surface area contributed by atoms with Gasteiger partial charge in [0.05, 0.1) is 5.56 Å². The van der Waals surface area contributed by atoms with Crippen LogP contribution < -0.4 is 5.32 Å². The number of nitrogens with one attached hydrogen (secondary N) is 1. The van der Waals surface area contributed by atoms with Crippen LogP contribution in [0.4, 0.5) is 5.82 Å². The van der Waals surface area contributed by atoms with E-state index in [4.69, 9.17) is 5.11 Å². The van der Waals surface area contributed by atoms with Crippen LogP contribution in [0.3, 0.4) is 0 Å². The molecular weight excluding hydrogens is 252 g/mol. The molecule has 0 bridgehead atoms. The third-order valence-electron chi connectivity index (χ3n) is 4.57. The van der Waals surface area contributed by atoms with Gasteiger partial charge in [-0.3, -0.25) is 0 Å². The van der Waals surface area contributed by atoms with Crippen molar-refractivity contribution in [2.24, 2.45) is 11.8 Å². The molecule has 0 spiro atoms. The Bertz CT molecular complexity index is 487. The number of anilines is 1. The number of nitrogens with zero attached hydrogens (tertiary/aromatic N) is 1. The molecule has 1 aliphatic rings. The zero-order chi connectivity index (χ0) is 14.7. The molecule has 3 atom stereocenters. The first kappa shape index (κ1) is 14.8. The number of hydrogen-bond donors (Lipinski definition) is 2. The van der Waals surface area contributed by atoms with Crippen LogP contribution in [-0.4, -0.2) is 22.1 Å². The highest BCUT2D eigenvalue weighted by Gasteiger charge is 2.31. The summed E-state index contributed by atoms with van der Waals surface area (Å²) in [6.45, 7) is 6.51. The van der Waals surface area contributed by atoms with Crippen molar-refractivity contribution in [3.63, 3.8) is 0 Å². The van der Waals surface area contributed by atoms with E-state index in [9.17, 15) is 4.79 Å². The number of pyridine rings is 1. The van der Waals surface area contributed by atoms with Crippen LogP contribution in [0, 0.1) is 11.8 Å². The first-order valence-corrected chi connectivity index (χ1v) is 7.55. The minimum Gasteiger partial charge on any atom is -0.478 e. The molecular formula is C16H24N2O2. The maximum Gasteiger partial charge on any atom is 0.335 e. The lowest BCUT2D eigenvalue weighted by Gasteiger charge is -2.22. The number of carboxylic acids is 1. The van der Waals surface area contributed by atoms with Crippen LogP contribution in [0.2, 0.25) is 0 Å². The van der Waals surface area contributed by atoms with Crippen LogP contribution >= 0.6 is 0 Å². The maximum atomic E-state index is 11.2. The molecule has 2 rings (SSSR count). The van der Waals surface area contributed by atoms with Gasteiger partial charge in [-0.2, -0.15) is 0 Å². The van der Waals surface area contributed by atoms with Crippen LogP contribution in [0.1, 0.15) is 56.1 Å². The van der Waals surface area contributed by atoms with Gasteiger partial charge in [0.25, 0.3) is 0 Å². The van der Waals surface area contributed by atoms with Crippen molar-refractivity contribution in [1.29, 1.82) is 0 Å². The summed E-state index contributed by atoms with van der Waals surface area (Å²) in [7, 11) is 0. The van der Waals surface area contributed by atoms with E-state index in [1.807, 2.05) is 6.92 Å². The van der Waals surface area contributed by atoms with Crippen LogP contribution in [0.25, 0.3) is 0 Å². The first-order valence-electron chi connectivity index (χ1n) is 7.55. The molecule has 4 nitrogen and oxygen atoms in total. The highest BCUT2D eigenvalue weighted by molar-refractivity contribution is 5.88. The van der Waals surface area contributed by atoms with Gasteiger partial charge >= 0.3 is 5.97 Å². The van der Waals surface area contributed by atoms with Crippen LogP contribution in [0.15, 0.2) is 12.1 Å². The summed E-state index contributed by atoms with van der Waals surface area (Å²) in [5, 5.41) is 12.6. The van der Waals surface area contributed by atoms with Gasteiger partial charge in [-0.1, -0.05) is 27.2 Å². The number of hydrogen-bond acceptors (Lipinski definition) is 3. The summed E-state index contributed by atoms with van der Waals surface area (Å²) in [4.78, 5) is 15.7. The summed E-state index contributed by atoms with van der Waals surface area (Å²) >= 11 is 0. The summed E-state index contributed by atoms with van der Waals surface area (Å²) in [6.07, 6.45) is 4.34. The monoisotopic (exact) mass is 276 g/mol. The fraction of sp³-hybridized carbons (Fsp3) is 0.625. The minimum absolute atomic E-state index is 0.317. The molecule has 0 radical (unpaired) electrons. The highest BCUT2D eigenvalue weighted by Crippen LogP contribution is 2.35. The zero-order valence-electron chi connectivity index (χ0n) is 12.5. The molecule has 3 unspecified atom stereocenters. The summed E-state index contributed by atoms with van der Waals surface area (Å²) in [5.41, 5.74) is 1.14. The first-order chi connectivity index (χ1) is 9.55. The van der Waals surface area contributed by atoms with E-state index in [-0.39, 0.29) is 0 Å². The van der Waals surface area contributed by atoms with E-state index in [1.54, 1.807) is 12.1 Å². The van der Waals surface area contributed by atoms with E-state index in [0.717, 1.165) is 24.5 Å². The Kier molecular flexibility index (Phi) is 4.63. The van der Waals surface area contributed by atoms with Gasteiger partial charge in [0, 0.05) is 11.7 Å². The lowest BCUT2D eigenvalue weighted by molar-refractivity contribution is 0.0696. The molecule has 0 aromatic carbocycles. The van der Waals surface area contributed by atoms with Gasteiger partial charge in [-0.25, -0.2) is 9.78 Å². The van der Waals surface area contributed by atoms with Crippen LogP contribution in [0.5, 0.6) is 0 Å². The molecule has 0 saturated heterocycles. The van der Waals surface area contributed by atoms with Gasteiger partial charge in [0.15, 0.2) is 0 Å². The number of carbonyl (C=O) groups is 1. The Morgan fingerprint density at radius 2 is 2.15 bits per heavy atom. The molecule has 0 aliphatic heterocycles. The number of aromatic carboxylic acids is 1. The SMILES string of the molecule is CCc1cc(C(=O)O)cc(NC2CCC(CC)C2C)n1. The topological polar surface area (TPSA) is 62.2 Å². The third kappa shape index (κ3) is 3.11. The Balaban J connectivity index is 2.17. The van der Waals surface area contributed by atoms with Gasteiger partial charge in [0.2, 0.25) is 0 Å². The molecule has 1 aromatic heterocycles. The number of aryl methyl sites for hydroxylation is 1. The normalized spacial score (nSPS) is 25.6. The predicted octanol–water partition coefficient (Wildman–Crippen LogP) is 3.58. The van der Waals surface area contributed by atoms with Gasteiger partial charge in [0.1, 0.15) is 5.82 Å². The van der Waals surface area contributed by atoms with Crippen molar-refractivity contribution < 1.29 is 9.90 Å². The minimum atomic E-state index is -0.893. The fourth-order valence-electron chi connectivity index (χ4n) is 3.18. The average molecular weight is 276 g/mol. The predicted molar refractivity (Wildman–Crippen MR) is 80.2 cm³/mol. The Morgan fingerprint density at radius 3 is 2.70 bits per heavy atom. The maximum absolute atomic E-state index is 11.2. The molecule has 4 heteroatoms. The van der Waals surface area contributed by atoms with Crippen molar-refractivity contribution in [3.05, 3.63) is 23.4 Å². The summed E-state index contributed by atoms with van der Waals surface area (Å²) < 4.78 is 0. The Labute approximate surface area is 120 Å². The van der Waals surface area contributed by atoms with Crippen molar-refractivity contribution in [3.8, 4) is 0 Å². The van der Waals surface area contributed by atoms with Gasteiger partial charge < -0.3 is 10.4 Å². The van der Waals surface area contributed by atoms with Crippen molar-refractivity contribution in [2.45, 2.75) is 52.5 Å². The molecule has 1 heterocycles. The zero-order valence-corrected chi connectivity index (χ0v) is 12.5. The number of carboxylic acid groups (broad SMARTS) is 1. The average Bonchev–Trinajstić information content (AvgIpc) is 2.79. The molecule has 1 aliphatic carbocycles. The largest absolute Gasteiger partial charge is 0.478 e. The number of rotatable bonds is 5. The van der Waals surface area contributed by atoms with E-state index < -0.39 is 5.97 Å². The van der Waals surface area contributed by atoms with Crippen molar-refractivity contribution >= 4 is 11.8 Å². The summed E-state index contributed by atoms with van der Waals surface area (Å²) in [5.74, 6) is 1.19. The lowest BCUT2D eigenvalue weighted by Crippen LogP contribution is -2.25. The van der Waals surface area contributed by atoms with E-state index in [0.29, 0.717) is 23.3 Å². The van der Waals surface area contributed by atoms with E-state index in [2.05, 4.69) is 24.1 Å². The Morgan fingerprint density at radius 1 is 1.40 bits per heavy atom. The molecule has 20 heavy (non-hydrogen) atoms. The van der Waals surface area contributed by atoms with Crippen molar-refractivity contribution in [2.75, 3.05) is 5.32 Å². The molecule has 1 saturated carbocycles. The van der Waals surface area contributed by atoms with E-state index in [1.165, 1.54) is 12.8 Å². The third-order valence-corrected chi connectivity index (χ3v) is 4.57.